The average molecular weight is 561 g/mol. The average Bonchev–Trinajstić information content (AvgIpc) is 3.29. The van der Waals surface area contributed by atoms with E-state index >= 15 is 0 Å². The van der Waals surface area contributed by atoms with E-state index in [1.165, 1.54) is 0 Å². The van der Waals surface area contributed by atoms with Crippen molar-refractivity contribution < 1.29 is 23.7 Å². The first kappa shape index (κ1) is 27.3. The van der Waals surface area contributed by atoms with E-state index < -0.39 is 0 Å². The quantitative estimate of drug-likeness (QED) is 0.334. The van der Waals surface area contributed by atoms with Gasteiger partial charge in [0, 0.05) is 66.5 Å². The molecule has 0 atom stereocenters. The summed E-state index contributed by atoms with van der Waals surface area (Å²) >= 11 is 0. The van der Waals surface area contributed by atoms with E-state index in [0.29, 0.717) is 66.9 Å². The van der Waals surface area contributed by atoms with E-state index in [1.807, 2.05) is 42.2 Å². The molecule has 0 aliphatic carbocycles. The van der Waals surface area contributed by atoms with Crippen LogP contribution in [0, 0.1) is 13.8 Å². The number of nitrogens with zero attached hydrogens (tertiary/aromatic N) is 4. The van der Waals surface area contributed by atoms with Gasteiger partial charge in [0.05, 0.1) is 39.1 Å². The molecule has 2 N–H and O–H groups in total. The van der Waals surface area contributed by atoms with Gasteiger partial charge in [-0.3, -0.25) is 9.69 Å². The van der Waals surface area contributed by atoms with Gasteiger partial charge in [-0.15, -0.1) is 0 Å². The fourth-order valence-electron chi connectivity index (χ4n) is 5.31. The first-order valence-electron chi connectivity index (χ1n) is 14.1. The van der Waals surface area contributed by atoms with Gasteiger partial charge in [-0.25, -0.2) is 9.97 Å². The Labute approximate surface area is 238 Å². The Hall–Kier alpha value is -3.93. The van der Waals surface area contributed by atoms with Gasteiger partial charge in [-0.2, -0.15) is 0 Å². The highest BCUT2D eigenvalue weighted by molar-refractivity contribution is 6.12. The fourth-order valence-corrected chi connectivity index (χ4v) is 5.31. The van der Waals surface area contributed by atoms with E-state index in [2.05, 4.69) is 22.1 Å². The third kappa shape index (κ3) is 5.79. The number of aromatic nitrogens is 3. The summed E-state index contributed by atoms with van der Waals surface area (Å²) in [5.41, 5.74) is 4.88. The zero-order valence-corrected chi connectivity index (χ0v) is 23.8. The highest BCUT2D eigenvalue weighted by Gasteiger charge is 2.23. The summed E-state index contributed by atoms with van der Waals surface area (Å²) in [6.07, 6.45) is 0. The van der Waals surface area contributed by atoms with Gasteiger partial charge in [0.25, 0.3) is 5.91 Å². The Morgan fingerprint density at radius 1 is 0.976 bits per heavy atom. The van der Waals surface area contributed by atoms with Crippen molar-refractivity contribution in [3.05, 3.63) is 47.3 Å². The molecule has 2 fully saturated rings. The molecule has 6 rings (SSSR count). The van der Waals surface area contributed by atoms with Crippen LogP contribution in [0.15, 0.2) is 30.3 Å². The monoisotopic (exact) mass is 560 g/mol. The van der Waals surface area contributed by atoms with E-state index in [0.717, 1.165) is 55.0 Å². The molecule has 2 aromatic carbocycles. The van der Waals surface area contributed by atoms with E-state index in [-0.39, 0.29) is 11.6 Å². The number of anilines is 2. The molecule has 0 radical (unpaired) electrons. The maximum absolute atomic E-state index is 13.8. The Bertz CT molecular complexity index is 1560. The first-order valence-corrected chi connectivity index (χ1v) is 14.1. The molecule has 0 saturated carbocycles. The summed E-state index contributed by atoms with van der Waals surface area (Å²) in [6.45, 7) is 11.1. The van der Waals surface area contributed by atoms with Gasteiger partial charge < -0.3 is 34.1 Å². The van der Waals surface area contributed by atoms with Crippen LogP contribution in [0.1, 0.15) is 21.7 Å². The minimum Gasteiger partial charge on any atom is -0.493 e. The molecule has 2 aromatic heterocycles. The molecule has 0 bridgehead atoms. The van der Waals surface area contributed by atoms with Crippen molar-refractivity contribution in [2.45, 2.75) is 13.8 Å². The number of rotatable bonds is 8. The first-order chi connectivity index (χ1) is 20.0. The van der Waals surface area contributed by atoms with E-state index in [9.17, 15) is 4.79 Å². The lowest BCUT2D eigenvalue weighted by atomic mass is 10.1. The lowest BCUT2D eigenvalue weighted by Gasteiger charge is -2.27. The number of carbonyl (C=O) groups is 1. The van der Waals surface area contributed by atoms with Crippen LogP contribution in [-0.2, 0) is 9.47 Å². The zero-order valence-electron chi connectivity index (χ0n) is 23.8. The van der Waals surface area contributed by atoms with Crippen LogP contribution in [0.4, 0.5) is 11.6 Å². The number of carbonyl (C=O) groups excluding carboxylic acids is 1. The van der Waals surface area contributed by atoms with E-state index in [1.54, 1.807) is 7.11 Å². The van der Waals surface area contributed by atoms with Gasteiger partial charge in [0.2, 0.25) is 5.95 Å². The van der Waals surface area contributed by atoms with E-state index in [4.69, 9.17) is 28.9 Å². The molecule has 0 unspecified atom stereocenters. The van der Waals surface area contributed by atoms with Crippen LogP contribution in [0.5, 0.6) is 11.5 Å². The van der Waals surface area contributed by atoms with Crippen LogP contribution in [0.3, 0.4) is 0 Å². The molecule has 11 nitrogen and oxygen atoms in total. The lowest BCUT2D eigenvalue weighted by Crippen LogP contribution is -2.38. The Morgan fingerprint density at radius 3 is 2.49 bits per heavy atom. The molecule has 2 saturated heterocycles. The predicted molar refractivity (Wildman–Crippen MR) is 158 cm³/mol. The third-order valence-corrected chi connectivity index (χ3v) is 7.81. The number of aryl methyl sites for hydroxylation is 2. The fraction of sp³-hybridized carbons (Fsp3) is 0.433. The van der Waals surface area contributed by atoms with Crippen LogP contribution < -0.4 is 19.7 Å². The number of H-pyrrole nitrogens is 1. The van der Waals surface area contributed by atoms with Crippen LogP contribution in [0.25, 0.3) is 21.8 Å². The molecule has 216 valence electrons. The van der Waals surface area contributed by atoms with Gasteiger partial charge in [-0.1, -0.05) is 0 Å². The summed E-state index contributed by atoms with van der Waals surface area (Å²) in [6, 6.07) is 9.49. The molecule has 1 amide bonds. The number of fused-ring (bicyclic) bond motifs is 2. The van der Waals surface area contributed by atoms with Crippen LogP contribution >= 0.6 is 0 Å². The number of ether oxygens (including phenoxy) is 4. The summed E-state index contributed by atoms with van der Waals surface area (Å²) < 4.78 is 22.8. The largest absolute Gasteiger partial charge is 0.493 e. The number of methoxy groups -OCH3 is 1. The molecule has 4 aromatic rings. The number of aromatic amines is 1. The molecule has 41 heavy (non-hydrogen) atoms. The standard InChI is InChI=1S/C30H36N6O5/c1-19-20(2)31-24-5-4-21(16-22(19)24)32-29(37)28-23-17-27(41-15-8-35-6-11-39-12-7-35)26(38-3)18-25(23)33-30(34-28)36-9-13-40-14-10-36/h4-5,16-18,31H,6-15H2,1-3H3,(H,32,37). The highest BCUT2D eigenvalue weighted by atomic mass is 16.5. The summed E-state index contributed by atoms with van der Waals surface area (Å²) in [7, 11) is 1.61. The minimum atomic E-state index is -0.319. The zero-order chi connectivity index (χ0) is 28.3. The smallest absolute Gasteiger partial charge is 0.275 e. The van der Waals surface area contributed by atoms with Crippen molar-refractivity contribution in [3.63, 3.8) is 0 Å². The minimum absolute atomic E-state index is 0.277. The van der Waals surface area contributed by atoms with Crippen LogP contribution in [-0.4, -0.2) is 98.6 Å². The second kappa shape index (κ2) is 11.9. The van der Waals surface area contributed by atoms with Crippen molar-refractivity contribution in [1.29, 1.82) is 0 Å². The number of benzene rings is 2. The summed E-state index contributed by atoms with van der Waals surface area (Å²) in [5.74, 6) is 1.27. The number of morpholine rings is 2. The predicted octanol–water partition coefficient (Wildman–Crippen LogP) is 3.54. The third-order valence-electron chi connectivity index (χ3n) is 7.81. The molecular formula is C30H36N6O5. The number of nitrogens with one attached hydrogen (secondary N) is 2. The van der Waals surface area contributed by atoms with Crippen molar-refractivity contribution in [1.82, 2.24) is 19.9 Å². The van der Waals surface area contributed by atoms with Gasteiger partial charge >= 0.3 is 0 Å². The summed E-state index contributed by atoms with van der Waals surface area (Å²) in [4.78, 5) is 31.2. The van der Waals surface area contributed by atoms with Crippen LogP contribution in [0.2, 0.25) is 0 Å². The highest BCUT2D eigenvalue weighted by Crippen LogP contribution is 2.34. The van der Waals surface area contributed by atoms with Gasteiger partial charge in [0.1, 0.15) is 12.3 Å². The molecule has 4 heterocycles. The Balaban J connectivity index is 1.34. The molecule has 0 spiro atoms. The van der Waals surface area contributed by atoms with Gasteiger partial charge in [-0.05, 0) is 43.7 Å². The SMILES string of the molecule is COc1cc2nc(N3CCOCC3)nc(C(=O)Nc3ccc4[nH]c(C)c(C)c4c3)c2cc1OCCN1CCOCC1. The Morgan fingerprint density at radius 2 is 1.73 bits per heavy atom. The van der Waals surface area contributed by atoms with Crippen molar-refractivity contribution in [2.24, 2.45) is 0 Å². The molecular weight excluding hydrogens is 524 g/mol. The second-order valence-electron chi connectivity index (χ2n) is 10.4. The molecule has 2 aliphatic heterocycles. The van der Waals surface area contributed by atoms with Gasteiger partial charge in [0.15, 0.2) is 11.5 Å². The van der Waals surface area contributed by atoms with Crippen molar-refractivity contribution in [3.8, 4) is 11.5 Å². The number of hydrogen-bond donors (Lipinski definition) is 2. The topological polar surface area (TPSA) is 114 Å². The maximum atomic E-state index is 13.8. The number of amides is 1. The number of hydrogen-bond acceptors (Lipinski definition) is 9. The maximum Gasteiger partial charge on any atom is 0.275 e. The molecule has 2 aliphatic rings. The Kier molecular flexibility index (Phi) is 7.91. The summed E-state index contributed by atoms with van der Waals surface area (Å²) in [5, 5.41) is 4.73. The lowest BCUT2D eigenvalue weighted by molar-refractivity contribution is 0.0321. The normalized spacial score (nSPS) is 16.3. The molecule has 11 heteroatoms. The van der Waals surface area contributed by atoms with Crippen molar-refractivity contribution >= 4 is 39.3 Å². The second-order valence-corrected chi connectivity index (χ2v) is 10.4. The van der Waals surface area contributed by atoms with Crippen molar-refractivity contribution in [2.75, 3.05) is 83.1 Å².